The number of carbonyl (C=O) groups is 2. The van der Waals surface area contributed by atoms with E-state index >= 15 is 0 Å². The van der Waals surface area contributed by atoms with Crippen LogP contribution in [0.25, 0.3) is 0 Å². The van der Waals surface area contributed by atoms with E-state index in [4.69, 9.17) is 0 Å². The molecule has 1 atom stereocenters. The van der Waals surface area contributed by atoms with Crippen molar-refractivity contribution in [2.24, 2.45) is 0 Å². The first kappa shape index (κ1) is 18.8. The Kier molecular flexibility index (Phi) is 4.83. The van der Waals surface area contributed by atoms with Gasteiger partial charge in [0.15, 0.2) is 0 Å². The van der Waals surface area contributed by atoms with Crippen molar-refractivity contribution >= 4 is 17.6 Å². The molecule has 4 rings (SSSR count). The molecule has 2 amide bonds. The molecular formula is C19H20FN7O2. The van der Waals surface area contributed by atoms with Crippen molar-refractivity contribution in [2.45, 2.75) is 32.5 Å². The monoisotopic (exact) mass is 397 g/mol. The molecule has 2 aromatic heterocycles. The van der Waals surface area contributed by atoms with Crippen LogP contribution in [0.1, 0.15) is 28.3 Å². The van der Waals surface area contributed by atoms with Gasteiger partial charge in [-0.3, -0.25) is 14.5 Å². The Balaban J connectivity index is 1.44. The molecule has 1 aromatic carbocycles. The number of fused-ring (bicyclic) bond motifs is 1. The minimum absolute atomic E-state index is 0.0466. The minimum atomic E-state index is -0.704. The molecule has 29 heavy (non-hydrogen) atoms. The standard InChI is InChI=1S/C19H20FN7O2/c1-12-8-16-25(2)19(29)15(6-7-27(16)23-12)22-18(28)17-21-11-26(24-17)10-13-4-3-5-14(20)9-13/h3-5,8-9,11,15H,6-7,10H2,1-2H3,(H,22,28)/t15-/m0/s1. The van der Waals surface area contributed by atoms with Crippen molar-refractivity contribution in [1.82, 2.24) is 29.9 Å². The molecule has 10 heteroatoms. The van der Waals surface area contributed by atoms with Crippen molar-refractivity contribution in [2.75, 3.05) is 11.9 Å². The summed E-state index contributed by atoms with van der Waals surface area (Å²) in [7, 11) is 1.66. The number of nitrogens with zero attached hydrogens (tertiary/aromatic N) is 6. The fraction of sp³-hybridized carbons (Fsp3) is 0.316. The number of nitrogens with one attached hydrogen (secondary N) is 1. The first-order chi connectivity index (χ1) is 13.9. The van der Waals surface area contributed by atoms with Crippen LogP contribution in [-0.4, -0.2) is 49.4 Å². The number of amides is 2. The van der Waals surface area contributed by atoms with E-state index in [2.05, 4.69) is 20.5 Å². The van der Waals surface area contributed by atoms with Gasteiger partial charge in [-0.1, -0.05) is 12.1 Å². The molecule has 0 bridgehead atoms. The lowest BCUT2D eigenvalue weighted by molar-refractivity contribution is -0.120. The molecule has 0 saturated carbocycles. The molecule has 3 heterocycles. The van der Waals surface area contributed by atoms with E-state index in [0.29, 0.717) is 24.3 Å². The van der Waals surface area contributed by atoms with Crippen LogP contribution in [0.2, 0.25) is 0 Å². The normalized spacial score (nSPS) is 16.4. The topological polar surface area (TPSA) is 97.9 Å². The predicted octanol–water partition coefficient (Wildman–Crippen LogP) is 1.14. The summed E-state index contributed by atoms with van der Waals surface area (Å²) < 4.78 is 16.5. The zero-order valence-corrected chi connectivity index (χ0v) is 16.0. The van der Waals surface area contributed by atoms with E-state index in [0.717, 1.165) is 5.69 Å². The Bertz CT molecular complexity index is 1070. The number of hydrogen-bond donors (Lipinski definition) is 1. The number of carbonyl (C=O) groups excluding carboxylic acids is 2. The summed E-state index contributed by atoms with van der Waals surface area (Å²) in [4.78, 5) is 30.8. The predicted molar refractivity (Wildman–Crippen MR) is 102 cm³/mol. The molecule has 150 valence electrons. The number of aromatic nitrogens is 5. The van der Waals surface area contributed by atoms with Crippen LogP contribution < -0.4 is 10.2 Å². The quantitative estimate of drug-likeness (QED) is 0.712. The zero-order valence-electron chi connectivity index (χ0n) is 16.0. The van der Waals surface area contributed by atoms with Gasteiger partial charge in [0.1, 0.15) is 24.0 Å². The van der Waals surface area contributed by atoms with Crippen LogP contribution in [0.15, 0.2) is 36.7 Å². The van der Waals surface area contributed by atoms with Gasteiger partial charge in [0.05, 0.1) is 12.2 Å². The first-order valence-electron chi connectivity index (χ1n) is 9.17. The van der Waals surface area contributed by atoms with Crippen LogP contribution >= 0.6 is 0 Å². The molecule has 1 aliphatic heterocycles. The van der Waals surface area contributed by atoms with Gasteiger partial charge in [-0.2, -0.15) is 5.10 Å². The van der Waals surface area contributed by atoms with E-state index in [1.807, 2.05) is 13.0 Å². The number of likely N-dealkylation sites (N-methyl/N-ethyl adjacent to an activating group) is 1. The zero-order chi connectivity index (χ0) is 20.5. The molecule has 0 radical (unpaired) electrons. The SMILES string of the molecule is Cc1cc2n(n1)CC[C@H](NC(=O)c1ncn(Cc3cccc(F)c3)n1)C(=O)N2C. The van der Waals surface area contributed by atoms with Crippen LogP contribution in [0.4, 0.5) is 10.2 Å². The van der Waals surface area contributed by atoms with E-state index in [9.17, 15) is 14.0 Å². The highest BCUT2D eigenvalue weighted by atomic mass is 19.1. The highest BCUT2D eigenvalue weighted by Crippen LogP contribution is 2.20. The number of benzene rings is 1. The Morgan fingerprint density at radius 3 is 2.93 bits per heavy atom. The molecule has 0 aliphatic carbocycles. The third-order valence-electron chi connectivity index (χ3n) is 4.76. The maximum Gasteiger partial charge on any atom is 0.291 e. The average molecular weight is 397 g/mol. The van der Waals surface area contributed by atoms with Crippen molar-refractivity contribution in [3.8, 4) is 0 Å². The fourth-order valence-corrected chi connectivity index (χ4v) is 3.34. The Morgan fingerprint density at radius 1 is 1.31 bits per heavy atom. The van der Waals surface area contributed by atoms with Gasteiger partial charge in [0.25, 0.3) is 11.8 Å². The fourth-order valence-electron chi connectivity index (χ4n) is 3.34. The van der Waals surface area contributed by atoms with Crippen molar-refractivity contribution in [1.29, 1.82) is 0 Å². The van der Waals surface area contributed by atoms with Gasteiger partial charge >= 0.3 is 0 Å². The van der Waals surface area contributed by atoms with Crippen molar-refractivity contribution in [3.05, 3.63) is 59.6 Å². The Morgan fingerprint density at radius 2 is 2.14 bits per heavy atom. The van der Waals surface area contributed by atoms with Crippen molar-refractivity contribution in [3.63, 3.8) is 0 Å². The summed E-state index contributed by atoms with van der Waals surface area (Å²) in [5.74, 6) is -0.454. The number of aryl methyl sites for hydroxylation is 2. The van der Waals surface area contributed by atoms with Gasteiger partial charge in [-0.25, -0.2) is 18.7 Å². The first-order valence-corrected chi connectivity index (χ1v) is 9.17. The Labute approximate surface area is 166 Å². The molecule has 0 spiro atoms. The second-order valence-corrected chi connectivity index (χ2v) is 6.97. The van der Waals surface area contributed by atoms with Crippen LogP contribution in [-0.2, 0) is 17.9 Å². The van der Waals surface area contributed by atoms with Crippen LogP contribution in [0, 0.1) is 12.7 Å². The van der Waals surface area contributed by atoms with Crippen LogP contribution in [0.3, 0.4) is 0 Å². The lowest BCUT2D eigenvalue weighted by atomic mass is 10.2. The van der Waals surface area contributed by atoms with Gasteiger partial charge in [0.2, 0.25) is 5.82 Å². The lowest BCUT2D eigenvalue weighted by Gasteiger charge is -2.19. The number of hydrogen-bond acceptors (Lipinski definition) is 5. The molecular weight excluding hydrogens is 377 g/mol. The maximum atomic E-state index is 13.3. The molecule has 1 aliphatic rings. The van der Waals surface area contributed by atoms with Gasteiger partial charge in [-0.15, -0.1) is 5.10 Å². The molecule has 3 aromatic rings. The average Bonchev–Trinajstić information content (AvgIpc) is 3.28. The third-order valence-corrected chi connectivity index (χ3v) is 4.76. The minimum Gasteiger partial charge on any atom is -0.337 e. The van der Waals surface area contributed by atoms with Gasteiger partial charge in [0, 0.05) is 19.7 Å². The van der Waals surface area contributed by atoms with E-state index in [1.54, 1.807) is 23.9 Å². The highest BCUT2D eigenvalue weighted by molar-refractivity contribution is 6.00. The highest BCUT2D eigenvalue weighted by Gasteiger charge is 2.31. The van der Waals surface area contributed by atoms with Crippen molar-refractivity contribution < 1.29 is 14.0 Å². The summed E-state index contributed by atoms with van der Waals surface area (Å²) >= 11 is 0. The van der Waals surface area contributed by atoms with E-state index in [1.165, 1.54) is 28.0 Å². The summed E-state index contributed by atoms with van der Waals surface area (Å²) in [5, 5.41) is 11.2. The second kappa shape index (κ2) is 7.46. The molecule has 0 saturated heterocycles. The van der Waals surface area contributed by atoms with Gasteiger partial charge in [-0.05, 0) is 31.0 Å². The summed E-state index contributed by atoms with van der Waals surface area (Å²) in [5.41, 5.74) is 1.53. The molecule has 0 unspecified atom stereocenters. The largest absolute Gasteiger partial charge is 0.337 e. The maximum absolute atomic E-state index is 13.3. The van der Waals surface area contributed by atoms with E-state index < -0.39 is 11.9 Å². The van der Waals surface area contributed by atoms with Crippen LogP contribution in [0.5, 0.6) is 0 Å². The lowest BCUT2D eigenvalue weighted by Crippen LogP contribution is -2.47. The number of rotatable bonds is 4. The molecule has 0 fully saturated rings. The molecule has 9 nitrogen and oxygen atoms in total. The van der Waals surface area contributed by atoms with E-state index in [-0.39, 0.29) is 24.1 Å². The number of halogens is 1. The smallest absolute Gasteiger partial charge is 0.291 e. The summed E-state index contributed by atoms with van der Waals surface area (Å²) in [6.45, 7) is 2.65. The third kappa shape index (κ3) is 3.86. The summed E-state index contributed by atoms with van der Waals surface area (Å²) in [6.07, 6.45) is 1.81. The van der Waals surface area contributed by atoms with Gasteiger partial charge < -0.3 is 5.32 Å². The Hall–Kier alpha value is -3.56. The number of anilines is 1. The second-order valence-electron chi connectivity index (χ2n) is 6.97. The molecule has 1 N–H and O–H groups in total. The summed E-state index contributed by atoms with van der Waals surface area (Å²) in [6, 6.07) is 7.25.